The molecule has 0 aromatic heterocycles. The summed E-state index contributed by atoms with van der Waals surface area (Å²) < 4.78 is 10.3. The van der Waals surface area contributed by atoms with E-state index in [2.05, 4.69) is 57.1 Å². The highest BCUT2D eigenvalue weighted by Gasteiger charge is 1.98. The number of alkyl halides is 1. The zero-order valence-electron chi connectivity index (χ0n) is 12.4. The highest BCUT2D eigenvalue weighted by molar-refractivity contribution is 5.46. The van der Waals surface area contributed by atoms with Crippen LogP contribution in [0.3, 0.4) is 0 Å². The number of nitrogens with zero attached hydrogens (tertiary/aromatic N) is 1. The van der Waals surface area contributed by atoms with E-state index in [1.165, 1.54) is 18.2 Å². The minimum atomic E-state index is -0.250. The van der Waals surface area contributed by atoms with Crippen LogP contribution in [0.25, 0.3) is 0 Å². The Morgan fingerprint density at radius 1 is 1.06 bits per heavy atom. The van der Waals surface area contributed by atoms with Crippen LogP contribution in [0, 0.1) is 0 Å². The molecular formula is C15H28FN. The van der Waals surface area contributed by atoms with Crippen molar-refractivity contribution in [3.8, 4) is 0 Å². The zero-order chi connectivity index (χ0) is 13.8. The topological polar surface area (TPSA) is 3.24 Å². The van der Waals surface area contributed by atoms with Crippen molar-refractivity contribution in [1.82, 2.24) is 0 Å². The SMILES string of the molecule is CC.CC(C)c1ccc(N(C)C)cc1.CCF. The molecule has 1 aromatic carbocycles. The summed E-state index contributed by atoms with van der Waals surface area (Å²) in [6.45, 7) is 9.63. The van der Waals surface area contributed by atoms with Crippen molar-refractivity contribution < 1.29 is 4.39 Å². The Morgan fingerprint density at radius 3 is 1.65 bits per heavy atom. The maximum atomic E-state index is 10.3. The molecule has 0 spiro atoms. The predicted octanol–water partition coefficient (Wildman–Crippen LogP) is 4.88. The molecule has 0 aliphatic rings. The molecule has 0 bridgehead atoms. The largest absolute Gasteiger partial charge is 0.378 e. The second-order valence-corrected chi connectivity index (χ2v) is 3.91. The Morgan fingerprint density at radius 2 is 1.41 bits per heavy atom. The molecule has 100 valence electrons. The van der Waals surface area contributed by atoms with Crippen LogP contribution in [0.4, 0.5) is 10.1 Å². The van der Waals surface area contributed by atoms with Crippen LogP contribution in [0.15, 0.2) is 24.3 Å². The molecule has 0 aliphatic carbocycles. The summed E-state index contributed by atoms with van der Waals surface area (Å²) in [5.74, 6) is 0.626. The lowest BCUT2D eigenvalue weighted by atomic mass is 10.0. The summed E-state index contributed by atoms with van der Waals surface area (Å²) >= 11 is 0. The van der Waals surface area contributed by atoms with E-state index in [0.717, 1.165) is 0 Å². The van der Waals surface area contributed by atoms with Gasteiger partial charge in [-0.25, -0.2) is 0 Å². The maximum Gasteiger partial charge on any atom is 0.0866 e. The smallest absolute Gasteiger partial charge is 0.0866 e. The van der Waals surface area contributed by atoms with E-state index in [9.17, 15) is 4.39 Å². The lowest BCUT2D eigenvalue weighted by Crippen LogP contribution is -2.08. The Bertz CT molecular complexity index is 225. The van der Waals surface area contributed by atoms with Gasteiger partial charge in [0.2, 0.25) is 0 Å². The van der Waals surface area contributed by atoms with Gasteiger partial charge in [-0.1, -0.05) is 39.8 Å². The molecule has 0 radical (unpaired) electrons. The van der Waals surface area contributed by atoms with E-state index in [1.807, 2.05) is 13.8 Å². The summed E-state index contributed by atoms with van der Waals surface area (Å²) in [6, 6.07) is 8.71. The number of hydrogen-bond acceptors (Lipinski definition) is 1. The monoisotopic (exact) mass is 241 g/mol. The van der Waals surface area contributed by atoms with Crippen molar-refractivity contribution in [2.75, 3.05) is 25.7 Å². The summed E-state index contributed by atoms with van der Waals surface area (Å²) in [4.78, 5) is 2.12. The van der Waals surface area contributed by atoms with Crippen LogP contribution in [-0.4, -0.2) is 20.8 Å². The van der Waals surface area contributed by atoms with Crippen LogP contribution < -0.4 is 4.90 Å². The third-order valence-corrected chi connectivity index (χ3v) is 2.08. The van der Waals surface area contributed by atoms with Gasteiger partial charge >= 0.3 is 0 Å². The van der Waals surface area contributed by atoms with Crippen molar-refractivity contribution in [2.24, 2.45) is 0 Å². The molecule has 0 unspecified atom stereocenters. The first-order chi connectivity index (χ1) is 8.02. The van der Waals surface area contributed by atoms with E-state index < -0.39 is 0 Å². The Balaban J connectivity index is 0. The average Bonchev–Trinajstić information content (AvgIpc) is 2.32. The fourth-order valence-corrected chi connectivity index (χ4v) is 1.16. The normalized spacial score (nSPS) is 8.76. The summed E-state index contributed by atoms with van der Waals surface area (Å²) in [7, 11) is 4.12. The molecule has 0 atom stereocenters. The molecule has 17 heavy (non-hydrogen) atoms. The highest BCUT2D eigenvalue weighted by atomic mass is 19.1. The van der Waals surface area contributed by atoms with Gasteiger partial charge in [0.15, 0.2) is 0 Å². The average molecular weight is 241 g/mol. The lowest BCUT2D eigenvalue weighted by Gasteiger charge is -2.13. The minimum absolute atomic E-state index is 0.250. The van der Waals surface area contributed by atoms with Crippen LogP contribution in [0.1, 0.15) is 46.1 Å². The molecule has 1 aromatic rings. The molecule has 0 aliphatic heterocycles. The molecule has 1 rings (SSSR count). The first-order valence-electron chi connectivity index (χ1n) is 6.36. The number of halogens is 1. The van der Waals surface area contributed by atoms with Gasteiger partial charge < -0.3 is 4.90 Å². The molecule has 1 nitrogen and oxygen atoms in total. The van der Waals surface area contributed by atoms with Gasteiger partial charge in [0, 0.05) is 19.8 Å². The molecule has 0 N–H and O–H groups in total. The van der Waals surface area contributed by atoms with Crippen molar-refractivity contribution >= 4 is 5.69 Å². The van der Waals surface area contributed by atoms with E-state index in [-0.39, 0.29) is 6.67 Å². The third-order valence-electron chi connectivity index (χ3n) is 2.08. The molecule has 0 heterocycles. The van der Waals surface area contributed by atoms with Gasteiger partial charge in [0.05, 0.1) is 6.67 Å². The zero-order valence-corrected chi connectivity index (χ0v) is 12.4. The van der Waals surface area contributed by atoms with E-state index >= 15 is 0 Å². The van der Waals surface area contributed by atoms with Gasteiger partial charge in [-0.15, -0.1) is 0 Å². The summed E-state index contributed by atoms with van der Waals surface area (Å²) in [5.41, 5.74) is 2.67. The minimum Gasteiger partial charge on any atom is -0.378 e. The maximum absolute atomic E-state index is 10.3. The molecule has 0 saturated heterocycles. The van der Waals surface area contributed by atoms with E-state index in [0.29, 0.717) is 5.92 Å². The van der Waals surface area contributed by atoms with Crippen molar-refractivity contribution in [3.05, 3.63) is 29.8 Å². The van der Waals surface area contributed by atoms with Gasteiger partial charge in [-0.2, -0.15) is 0 Å². The Hall–Kier alpha value is -1.05. The van der Waals surface area contributed by atoms with Crippen molar-refractivity contribution in [1.29, 1.82) is 0 Å². The third kappa shape index (κ3) is 8.73. The number of anilines is 1. The molecule has 0 saturated carbocycles. The van der Waals surface area contributed by atoms with E-state index in [4.69, 9.17) is 0 Å². The number of hydrogen-bond donors (Lipinski definition) is 0. The van der Waals surface area contributed by atoms with Crippen LogP contribution >= 0.6 is 0 Å². The molecule has 0 amide bonds. The molecular weight excluding hydrogens is 213 g/mol. The Labute approximate surface area is 107 Å². The van der Waals surface area contributed by atoms with Crippen molar-refractivity contribution in [3.63, 3.8) is 0 Å². The van der Waals surface area contributed by atoms with Gasteiger partial charge in [0.1, 0.15) is 0 Å². The van der Waals surface area contributed by atoms with E-state index in [1.54, 1.807) is 0 Å². The summed E-state index contributed by atoms with van der Waals surface area (Å²) in [5, 5.41) is 0. The second kappa shape index (κ2) is 11.4. The Kier molecular flexibility index (Phi) is 12.3. The predicted molar refractivity (Wildman–Crippen MR) is 77.9 cm³/mol. The standard InChI is InChI=1S/C11H17N.C2H5F.C2H6/c1-9(2)10-5-7-11(8-6-10)12(3)4;1-2-3;1-2/h5-9H,1-4H3;2H2,1H3;1-2H3. The fraction of sp³-hybridized carbons (Fsp3) is 0.600. The molecule has 0 fully saturated rings. The highest BCUT2D eigenvalue weighted by Crippen LogP contribution is 2.18. The number of rotatable bonds is 2. The van der Waals surface area contributed by atoms with Crippen molar-refractivity contribution in [2.45, 2.75) is 40.5 Å². The summed E-state index contributed by atoms with van der Waals surface area (Å²) in [6.07, 6.45) is 0. The van der Waals surface area contributed by atoms with Crippen LogP contribution in [0.5, 0.6) is 0 Å². The van der Waals surface area contributed by atoms with Crippen LogP contribution in [-0.2, 0) is 0 Å². The first-order valence-corrected chi connectivity index (χ1v) is 6.36. The first kappa shape index (κ1) is 18.3. The quantitative estimate of drug-likeness (QED) is 0.713. The lowest BCUT2D eigenvalue weighted by molar-refractivity contribution is 0.527. The fourth-order valence-electron chi connectivity index (χ4n) is 1.16. The van der Waals surface area contributed by atoms with Crippen LogP contribution in [0.2, 0.25) is 0 Å². The number of benzene rings is 1. The second-order valence-electron chi connectivity index (χ2n) is 3.91. The molecule has 2 heteroatoms. The van der Waals surface area contributed by atoms with Gasteiger partial charge in [0.25, 0.3) is 0 Å². The van der Waals surface area contributed by atoms with Gasteiger partial charge in [-0.3, -0.25) is 4.39 Å². The van der Waals surface area contributed by atoms with Gasteiger partial charge in [-0.05, 0) is 30.5 Å².